The summed E-state index contributed by atoms with van der Waals surface area (Å²) in [6.45, 7) is 2.04. The third-order valence-electron chi connectivity index (χ3n) is 2.37. The molecule has 0 spiro atoms. The summed E-state index contributed by atoms with van der Waals surface area (Å²) in [4.78, 5) is 22.0. The maximum atomic E-state index is 11.8. The Morgan fingerprint density at radius 1 is 1.61 bits per heavy atom. The highest BCUT2D eigenvalue weighted by Gasteiger charge is 2.18. The van der Waals surface area contributed by atoms with Crippen LogP contribution >= 0.6 is 0 Å². The summed E-state index contributed by atoms with van der Waals surface area (Å²) >= 11 is 0. The average molecular weight is 253 g/mol. The van der Waals surface area contributed by atoms with Gasteiger partial charge in [0.2, 0.25) is 0 Å². The second-order valence-electron chi connectivity index (χ2n) is 3.75. The van der Waals surface area contributed by atoms with E-state index in [0.29, 0.717) is 6.54 Å². The Morgan fingerprint density at radius 3 is 2.78 bits per heavy atom. The summed E-state index contributed by atoms with van der Waals surface area (Å²) in [5, 5.41) is 13.4. The van der Waals surface area contributed by atoms with Crippen molar-refractivity contribution in [1.82, 2.24) is 5.32 Å². The first-order valence-electron chi connectivity index (χ1n) is 5.33. The number of hydrogen-bond donors (Lipinski definition) is 2. The quantitative estimate of drug-likeness (QED) is 0.592. The summed E-state index contributed by atoms with van der Waals surface area (Å²) < 4.78 is 4.85. The van der Waals surface area contributed by atoms with Gasteiger partial charge in [0.05, 0.1) is 12.0 Å². The number of rotatable bonds is 5. The molecule has 0 aliphatic rings. The van der Waals surface area contributed by atoms with Crippen molar-refractivity contribution in [3.8, 4) is 5.75 Å². The van der Waals surface area contributed by atoms with Crippen LogP contribution in [-0.4, -0.2) is 30.5 Å². The van der Waals surface area contributed by atoms with Gasteiger partial charge in [0.15, 0.2) is 5.75 Å². The van der Waals surface area contributed by atoms with Gasteiger partial charge in [-0.1, -0.05) is 0 Å². The second kappa shape index (κ2) is 5.97. The van der Waals surface area contributed by atoms with Gasteiger partial charge in [-0.2, -0.15) is 0 Å². The van der Waals surface area contributed by atoms with Gasteiger partial charge in [0, 0.05) is 24.2 Å². The zero-order valence-electron chi connectivity index (χ0n) is 10.2. The lowest BCUT2D eigenvalue weighted by Crippen LogP contribution is -2.37. The van der Waals surface area contributed by atoms with E-state index in [1.54, 1.807) is 6.92 Å². The number of nitrogens with one attached hydrogen (secondary N) is 1. The Labute approximate surface area is 104 Å². The molecule has 1 aromatic rings. The SMILES string of the molecule is COc1ccc(C(=O)N[C@@H](C)CN)cc1[N+](=O)[O-]. The number of methoxy groups -OCH3 is 1. The molecule has 0 aromatic heterocycles. The first-order chi connectivity index (χ1) is 8.49. The van der Waals surface area contributed by atoms with Crippen LogP contribution < -0.4 is 15.8 Å². The van der Waals surface area contributed by atoms with E-state index in [1.807, 2.05) is 0 Å². The van der Waals surface area contributed by atoms with E-state index in [0.717, 1.165) is 0 Å². The molecule has 1 atom stereocenters. The summed E-state index contributed by atoms with van der Waals surface area (Å²) in [7, 11) is 1.33. The van der Waals surface area contributed by atoms with Crippen molar-refractivity contribution < 1.29 is 14.5 Å². The van der Waals surface area contributed by atoms with E-state index >= 15 is 0 Å². The number of carbonyl (C=O) groups is 1. The molecule has 0 radical (unpaired) electrons. The number of benzene rings is 1. The summed E-state index contributed by atoms with van der Waals surface area (Å²) in [5.74, 6) is -0.290. The first-order valence-corrected chi connectivity index (χ1v) is 5.33. The average Bonchev–Trinajstić information content (AvgIpc) is 2.37. The van der Waals surface area contributed by atoms with Crippen molar-refractivity contribution in [1.29, 1.82) is 0 Å². The van der Waals surface area contributed by atoms with E-state index < -0.39 is 10.8 Å². The summed E-state index contributed by atoms with van der Waals surface area (Å²) in [6.07, 6.45) is 0. The lowest BCUT2D eigenvalue weighted by Gasteiger charge is -2.11. The van der Waals surface area contributed by atoms with Gasteiger partial charge in [-0.3, -0.25) is 14.9 Å². The minimum absolute atomic E-state index is 0.114. The Morgan fingerprint density at radius 2 is 2.28 bits per heavy atom. The Hall–Kier alpha value is -2.15. The molecular weight excluding hydrogens is 238 g/mol. The zero-order valence-corrected chi connectivity index (χ0v) is 10.2. The number of amides is 1. The number of hydrogen-bond acceptors (Lipinski definition) is 5. The van der Waals surface area contributed by atoms with Gasteiger partial charge < -0.3 is 15.8 Å². The highest BCUT2D eigenvalue weighted by atomic mass is 16.6. The Bertz CT molecular complexity index is 462. The molecular formula is C11H15N3O4. The van der Waals surface area contributed by atoms with Gasteiger partial charge in [-0.15, -0.1) is 0 Å². The van der Waals surface area contributed by atoms with Crippen LogP contribution in [0.25, 0.3) is 0 Å². The van der Waals surface area contributed by atoms with E-state index in [2.05, 4.69) is 5.32 Å². The highest BCUT2D eigenvalue weighted by Crippen LogP contribution is 2.27. The molecule has 1 rings (SSSR count). The van der Waals surface area contributed by atoms with Crippen LogP contribution in [0.5, 0.6) is 5.75 Å². The molecule has 1 aromatic carbocycles. The van der Waals surface area contributed by atoms with Crippen LogP contribution in [0.3, 0.4) is 0 Å². The van der Waals surface area contributed by atoms with Gasteiger partial charge in [0.25, 0.3) is 5.91 Å². The Balaban J connectivity index is 3.01. The molecule has 0 fully saturated rings. The van der Waals surface area contributed by atoms with Crippen LogP contribution in [0.1, 0.15) is 17.3 Å². The molecule has 0 unspecified atom stereocenters. The summed E-state index contributed by atoms with van der Waals surface area (Å²) in [6, 6.07) is 3.83. The maximum Gasteiger partial charge on any atom is 0.311 e. The number of ether oxygens (including phenoxy) is 1. The minimum Gasteiger partial charge on any atom is -0.490 e. The van der Waals surface area contributed by atoms with Crippen molar-refractivity contribution in [2.45, 2.75) is 13.0 Å². The summed E-state index contributed by atoms with van der Waals surface area (Å²) in [5.41, 5.74) is 5.33. The third kappa shape index (κ3) is 3.17. The molecule has 0 aliphatic heterocycles. The van der Waals surface area contributed by atoms with Crippen molar-refractivity contribution in [3.63, 3.8) is 0 Å². The Kier molecular flexibility index (Phi) is 4.61. The largest absolute Gasteiger partial charge is 0.490 e. The number of nitro benzene ring substituents is 1. The topological polar surface area (TPSA) is 107 Å². The molecule has 18 heavy (non-hydrogen) atoms. The monoisotopic (exact) mass is 253 g/mol. The number of nitrogens with two attached hydrogens (primary N) is 1. The maximum absolute atomic E-state index is 11.8. The smallest absolute Gasteiger partial charge is 0.311 e. The van der Waals surface area contributed by atoms with Gasteiger partial charge in [-0.25, -0.2) is 0 Å². The molecule has 0 bridgehead atoms. The molecule has 0 saturated heterocycles. The standard InChI is InChI=1S/C11H15N3O4/c1-7(6-12)13-11(15)8-3-4-10(18-2)9(5-8)14(16)17/h3-5,7H,6,12H2,1-2H3,(H,13,15)/t7-/m0/s1. The van der Waals surface area contributed by atoms with Crippen molar-refractivity contribution >= 4 is 11.6 Å². The zero-order chi connectivity index (χ0) is 13.7. The lowest BCUT2D eigenvalue weighted by atomic mass is 10.1. The van der Waals surface area contributed by atoms with Crippen LogP contribution in [0.15, 0.2) is 18.2 Å². The fourth-order valence-electron chi connectivity index (χ4n) is 1.34. The number of nitro groups is 1. The van der Waals surface area contributed by atoms with E-state index in [9.17, 15) is 14.9 Å². The highest BCUT2D eigenvalue weighted by molar-refractivity contribution is 5.95. The van der Waals surface area contributed by atoms with Gasteiger partial charge in [-0.05, 0) is 19.1 Å². The molecule has 7 nitrogen and oxygen atoms in total. The molecule has 0 saturated carbocycles. The lowest BCUT2D eigenvalue weighted by molar-refractivity contribution is -0.385. The van der Waals surface area contributed by atoms with Gasteiger partial charge >= 0.3 is 5.69 Å². The van der Waals surface area contributed by atoms with Crippen LogP contribution in [0.4, 0.5) is 5.69 Å². The fourth-order valence-corrected chi connectivity index (χ4v) is 1.34. The molecule has 0 heterocycles. The van der Waals surface area contributed by atoms with Crippen LogP contribution in [0.2, 0.25) is 0 Å². The fraction of sp³-hybridized carbons (Fsp3) is 0.364. The molecule has 0 aliphatic carbocycles. The predicted octanol–water partition coefficient (Wildman–Crippen LogP) is 0.680. The van der Waals surface area contributed by atoms with E-state index in [1.165, 1.54) is 25.3 Å². The third-order valence-corrected chi connectivity index (χ3v) is 2.37. The number of carbonyl (C=O) groups excluding carboxylic acids is 1. The molecule has 98 valence electrons. The van der Waals surface area contributed by atoms with E-state index in [4.69, 9.17) is 10.5 Å². The molecule has 3 N–H and O–H groups in total. The normalized spacial score (nSPS) is 11.7. The molecule has 7 heteroatoms. The second-order valence-corrected chi connectivity index (χ2v) is 3.75. The van der Waals surface area contributed by atoms with Crippen molar-refractivity contribution in [2.24, 2.45) is 5.73 Å². The first kappa shape index (κ1) is 13.9. The van der Waals surface area contributed by atoms with Gasteiger partial charge in [0.1, 0.15) is 0 Å². The van der Waals surface area contributed by atoms with Crippen LogP contribution in [0, 0.1) is 10.1 Å². The van der Waals surface area contributed by atoms with E-state index in [-0.39, 0.29) is 23.0 Å². The van der Waals surface area contributed by atoms with Crippen LogP contribution in [-0.2, 0) is 0 Å². The molecule has 1 amide bonds. The number of nitrogens with zero attached hydrogens (tertiary/aromatic N) is 1. The minimum atomic E-state index is -0.595. The predicted molar refractivity (Wildman–Crippen MR) is 65.6 cm³/mol. The van der Waals surface area contributed by atoms with Crippen molar-refractivity contribution in [2.75, 3.05) is 13.7 Å². The van der Waals surface area contributed by atoms with Crippen molar-refractivity contribution in [3.05, 3.63) is 33.9 Å².